The second-order valence-electron chi connectivity index (χ2n) is 4.59. The Morgan fingerprint density at radius 2 is 2.30 bits per heavy atom. The summed E-state index contributed by atoms with van der Waals surface area (Å²) in [6.07, 6.45) is 5.43. The van der Waals surface area contributed by atoms with Gasteiger partial charge in [-0.25, -0.2) is 9.78 Å². The molecule has 0 radical (unpaired) electrons. The molecule has 104 valence electrons. The van der Waals surface area contributed by atoms with Gasteiger partial charge < -0.3 is 19.3 Å². The summed E-state index contributed by atoms with van der Waals surface area (Å²) in [5.41, 5.74) is 1.06. The third-order valence-electron chi connectivity index (χ3n) is 3.36. The van der Waals surface area contributed by atoms with Crippen LogP contribution in [-0.2, 0) is 6.54 Å². The Morgan fingerprint density at radius 1 is 1.40 bits per heavy atom. The van der Waals surface area contributed by atoms with Crippen molar-refractivity contribution in [3.8, 4) is 5.75 Å². The number of aromatic nitrogens is 2. The Hall–Kier alpha value is -2.50. The van der Waals surface area contributed by atoms with Crippen LogP contribution in [0.25, 0.3) is 0 Å². The number of carboxylic acids is 1. The van der Waals surface area contributed by atoms with Gasteiger partial charge in [-0.05, 0) is 12.1 Å². The zero-order chi connectivity index (χ0) is 13.9. The molecule has 0 saturated carbocycles. The summed E-state index contributed by atoms with van der Waals surface area (Å²) in [4.78, 5) is 17.4. The van der Waals surface area contributed by atoms with Gasteiger partial charge in [0.2, 0.25) is 0 Å². The molecule has 0 amide bonds. The molecule has 6 heteroatoms. The number of para-hydroxylation sites is 1. The summed E-state index contributed by atoms with van der Waals surface area (Å²) in [7, 11) is 0. The van der Waals surface area contributed by atoms with Crippen molar-refractivity contribution in [2.75, 3.05) is 24.6 Å². The lowest BCUT2D eigenvalue weighted by Crippen LogP contribution is -2.35. The van der Waals surface area contributed by atoms with Crippen molar-refractivity contribution in [2.24, 2.45) is 0 Å². The van der Waals surface area contributed by atoms with E-state index in [4.69, 9.17) is 4.74 Å². The molecule has 1 aliphatic heterocycles. The van der Waals surface area contributed by atoms with Gasteiger partial charge in [0, 0.05) is 25.5 Å². The van der Waals surface area contributed by atoms with Crippen LogP contribution in [0.3, 0.4) is 0 Å². The number of benzene rings is 1. The van der Waals surface area contributed by atoms with Gasteiger partial charge in [-0.1, -0.05) is 6.07 Å². The molecule has 1 N–H and O–H groups in total. The van der Waals surface area contributed by atoms with Crippen LogP contribution in [0.15, 0.2) is 36.9 Å². The van der Waals surface area contributed by atoms with Crippen molar-refractivity contribution >= 4 is 11.7 Å². The molecule has 2 aromatic rings. The third-order valence-corrected chi connectivity index (χ3v) is 3.36. The molecule has 2 heterocycles. The minimum atomic E-state index is -0.960. The number of imidazole rings is 1. The largest absolute Gasteiger partial charge is 0.489 e. The molecule has 3 rings (SSSR count). The topological polar surface area (TPSA) is 67.6 Å². The van der Waals surface area contributed by atoms with E-state index in [0.717, 1.165) is 25.3 Å². The molecule has 0 bridgehead atoms. The van der Waals surface area contributed by atoms with E-state index < -0.39 is 5.97 Å². The van der Waals surface area contributed by atoms with E-state index in [0.29, 0.717) is 12.4 Å². The molecular weight excluding hydrogens is 258 g/mol. The molecule has 6 nitrogen and oxygen atoms in total. The minimum Gasteiger partial charge on any atom is -0.489 e. The van der Waals surface area contributed by atoms with Crippen LogP contribution >= 0.6 is 0 Å². The summed E-state index contributed by atoms with van der Waals surface area (Å²) in [6.45, 7) is 2.85. The first-order valence-corrected chi connectivity index (χ1v) is 6.45. The SMILES string of the molecule is O=C(O)c1cccc2c1OCCN2CCn1ccnc1. The van der Waals surface area contributed by atoms with Gasteiger partial charge in [0.25, 0.3) is 0 Å². The van der Waals surface area contributed by atoms with Crippen molar-refractivity contribution in [2.45, 2.75) is 6.54 Å². The van der Waals surface area contributed by atoms with Crippen LogP contribution < -0.4 is 9.64 Å². The Bertz CT molecular complexity index is 610. The van der Waals surface area contributed by atoms with Gasteiger partial charge in [-0.15, -0.1) is 0 Å². The van der Waals surface area contributed by atoms with Gasteiger partial charge in [0.15, 0.2) is 5.75 Å². The zero-order valence-corrected chi connectivity index (χ0v) is 10.9. The van der Waals surface area contributed by atoms with Crippen LogP contribution in [0.2, 0.25) is 0 Å². The molecule has 0 unspecified atom stereocenters. The van der Waals surface area contributed by atoms with Crippen molar-refractivity contribution in [3.63, 3.8) is 0 Å². The average molecular weight is 273 g/mol. The summed E-state index contributed by atoms with van der Waals surface area (Å²) < 4.78 is 7.54. The van der Waals surface area contributed by atoms with E-state index >= 15 is 0 Å². The average Bonchev–Trinajstić information content (AvgIpc) is 2.97. The van der Waals surface area contributed by atoms with Crippen LogP contribution in [-0.4, -0.2) is 40.3 Å². The number of carboxylic acid groups (broad SMARTS) is 1. The molecule has 1 aromatic heterocycles. The lowest BCUT2D eigenvalue weighted by Gasteiger charge is -2.32. The monoisotopic (exact) mass is 273 g/mol. The molecule has 0 aliphatic carbocycles. The fourth-order valence-electron chi connectivity index (χ4n) is 2.36. The van der Waals surface area contributed by atoms with Crippen molar-refractivity contribution in [3.05, 3.63) is 42.5 Å². The van der Waals surface area contributed by atoms with E-state index in [9.17, 15) is 9.90 Å². The molecule has 0 spiro atoms. The van der Waals surface area contributed by atoms with E-state index in [2.05, 4.69) is 9.88 Å². The molecule has 20 heavy (non-hydrogen) atoms. The number of hydrogen-bond acceptors (Lipinski definition) is 4. The van der Waals surface area contributed by atoms with Crippen molar-refractivity contribution < 1.29 is 14.6 Å². The van der Waals surface area contributed by atoms with Gasteiger partial charge in [-0.2, -0.15) is 0 Å². The number of carbonyl (C=O) groups is 1. The Kier molecular flexibility index (Phi) is 3.28. The van der Waals surface area contributed by atoms with Crippen LogP contribution in [0.5, 0.6) is 5.75 Å². The fraction of sp³-hybridized carbons (Fsp3) is 0.286. The Morgan fingerprint density at radius 3 is 3.05 bits per heavy atom. The zero-order valence-electron chi connectivity index (χ0n) is 10.9. The van der Waals surface area contributed by atoms with Gasteiger partial charge in [-0.3, -0.25) is 0 Å². The molecule has 0 fully saturated rings. The Labute approximate surface area is 116 Å². The van der Waals surface area contributed by atoms with Crippen LogP contribution in [0.4, 0.5) is 5.69 Å². The predicted molar refractivity (Wildman–Crippen MR) is 73.3 cm³/mol. The lowest BCUT2D eigenvalue weighted by atomic mass is 10.1. The standard InChI is InChI=1S/C14H15N3O3/c18-14(19)11-2-1-3-12-13(11)20-9-8-17(12)7-6-16-5-4-15-10-16/h1-5,10H,6-9H2,(H,18,19). The highest BCUT2D eigenvalue weighted by atomic mass is 16.5. The van der Waals surface area contributed by atoms with Crippen molar-refractivity contribution in [1.82, 2.24) is 9.55 Å². The van der Waals surface area contributed by atoms with Crippen molar-refractivity contribution in [1.29, 1.82) is 0 Å². The maximum absolute atomic E-state index is 11.2. The maximum Gasteiger partial charge on any atom is 0.339 e. The number of nitrogens with zero attached hydrogens (tertiary/aromatic N) is 3. The Balaban J connectivity index is 1.83. The van der Waals surface area contributed by atoms with Gasteiger partial charge >= 0.3 is 5.97 Å². The molecule has 0 atom stereocenters. The first kappa shape index (κ1) is 12.5. The molecule has 0 saturated heterocycles. The van der Waals surface area contributed by atoms with Gasteiger partial charge in [0.1, 0.15) is 12.2 Å². The first-order chi connectivity index (χ1) is 9.75. The third kappa shape index (κ3) is 2.32. The van der Waals surface area contributed by atoms with E-state index in [1.807, 2.05) is 16.8 Å². The normalized spacial score (nSPS) is 13.7. The maximum atomic E-state index is 11.2. The highest BCUT2D eigenvalue weighted by molar-refractivity contribution is 5.93. The number of ether oxygens (including phenoxy) is 1. The summed E-state index contributed by atoms with van der Waals surface area (Å²) in [5.74, 6) is -0.491. The smallest absolute Gasteiger partial charge is 0.339 e. The van der Waals surface area contributed by atoms with E-state index in [1.54, 1.807) is 24.7 Å². The number of hydrogen-bond donors (Lipinski definition) is 1. The predicted octanol–water partition coefficient (Wildman–Crippen LogP) is 1.48. The molecule has 1 aromatic carbocycles. The summed E-state index contributed by atoms with van der Waals surface area (Å²) in [6, 6.07) is 5.22. The minimum absolute atomic E-state index is 0.217. The molecular formula is C14H15N3O3. The fourth-order valence-corrected chi connectivity index (χ4v) is 2.36. The highest BCUT2D eigenvalue weighted by Gasteiger charge is 2.23. The molecule has 1 aliphatic rings. The summed E-state index contributed by atoms with van der Waals surface area (Å²) >= 11 is 0. The second kappa shape index (κ2) is 5.24. The summed E-state index contributed by atoms with van der Waals surface area (Å²) in [5, 5.41) is 9.20. The van der Waals surface area contributed by atoms with Crippen LogP contribution in [0.1, 0.15) is 10.4 Å². The number of aromatic carboxylic acids is 1. The second-order valence-corrected chi connectivity index (χ2v) is 4.59. The first-order valence-electron chi connectivity index (χ1n) is 6.45. The quantitative estimate of drug-likeness (QED) is 0.914. The van der Waals surface area contributed by atoms with Gasteiger partial charge in [0.05, 0.1) is 18.6 Å². The van der Waals surface area contributed by atoms with Crippen LogP contribution in [0, 0.1) is 0 Å². The number of rotatable bonds is 4. The van der Waals surface area contributed by atoms with E-state index in [-0.39, 0.29) is 5.56 Å². The lowest BCUT2D eigenvalue weighted by molar-refractivity contribution is 0.0692. The highest BCUT2D eigenvalue weighted by Crippen LogP contribution is 2.34. The number of anilines is 1. The van der Waals surface area contributed by atoms with E-state index in [1.165, 1.54) is 0 Å². The number of fused-ring (bicyclic) bond motifs is 1.